The molecule has 1 aromatic heterocycles. The molecule has 0 bridgehead atoms. The first-order chi connectivity index (χ1) is 12.6. The van der Waals surface area contributed by atoms with Crippen LogP contribution in [-0.4, -0.2) is 30.1 Å². The van der Waals surface area contributed by atoms with Crippen LogP contribution in [0, 0.1) is 6.92 Å². The van der Waals surface area contributed by atoms with Gasteiger partial charge in [0.1, 0.15) is 0 Å². The lowest BCUT2D eigenvalue weighted by atomic mass is 10.2. The van der Waals surface area contributed by atoms with Crippen molar-refractivity contribution in [2.45, 2.75) is 27.3 Å². The van der Waals surface area contributed by atoms with Crippen LogP contribution in [0.2, 0.25) is 0 Å². The fourth-order valence-corrected chi connectivity index (χ4v) is 3.44. The Morgan fingerprint density at radius 2 is 1.73 bits per heavy atom. The number of carbonyl (C=O) groups excluding carboxylic acids is 1. The molecule has 0 aliphatic heterocycles. The van der Waals surface area contributed by atoms with Crippen LogP contribution in [0.5, 0.6) is 0 Å². The van der Waals surface area contributed by atoms with E-state index in [1.807, 2.05) is 30.3 Å². The summed E-state index contributed by atoms with van der Waals surface area (Å²) in [6, 6.07) is 18.4. The molecule has 4 nitrogen and oxygen atoms in total. The van der Waals surface area contributed by atoms with Gasteiger partial charge in [-0.2, -0.15) is 0 Å². The third-order valence-electron chi connectivity index (χ3n) is 4.90. The number of aromatic nitrogens is 1. The largest absolute Gasteiger partial charge is 0.372 e. The van der Waals surface area contributed by atoms with Crippen LogP contribution in [0.25, 0.3) is 10.9 Å². The Hall–Kier alpha value is -2.75. The second-order valence-electron chi connectivity index (χ2n) is 6.47. The van der Waals surface area contributed by atoms with Gasteiger partial charge in [0, 0.05) is 48.6 Å². The summed E-state index contributed by atoms with van der Waals surface area (Å²) >= 11 is 0. The lowest BCUT2D eigenvalue weighted by molar-refractivity contribution is 0.0952. The summed E-state index contributed by atoms with van der Waals surface area (Å²) in [5.41, 5.74) is 4.28. The molecule has 1 amide bonds. The van der Waals surface area contributed by atoms with Crippen molar-refractivity contribution in [3.63, 3.8) is 0 Å². The van der Waals surface area contributed by atoms with Gasteiger partial charge in [-0.15, -0.1) is 0 Å². The van der Waals surface area contributed by atoms with Crippen molar-refractivity contribution in [3.8, 4) is 0 Å². The van der Waals surface area contributed by atoms with E-state index in [2.05, 4.69) is 59.8 Å². The summed E-state index contributed by atoms with van der Waals surface area (Å²) in [4.78, 5) is 14.7. The number of carbonyl (C=O) groups is 1. The molecule has 136 valence electrons. The molecular formula is C22H27N3O. The molecule has 0 saturated carbocycles. The molecule has 3 aromatic rings. The van der Waals surface area contributed by atoms with E-state index < -0.39 is 0 Å². The minimum Gasteiger partial charge on any atom is -0.372 e. The summed E-state index contributed by atoms with van der Waals surface area (Å²) in [6.45, 7) is 9.68. The number of nitrogens with zero attached hydrogens (tertiary/aromatic N) is 2. The van der Waals surface area contributed by atoms with Gasteiger partial charge in [0.05, 0.1) is 0 Å². The van der Waals surface area contributed by atoms with Crippen LogP contribution in [0.1, 0.15) is 29.9 Å². The molecule has 0 saturated heterocycles. The van der Waals surface area contributed by atoms with Gasteiger partial charge in [-0.25, -0.2) is 0 Å². The van der Waals surface area contributed by atoms with E-state index in [-0.39, 0.29) is 5.91 Å². The summed E-state index contributed by atoms with van der Waals surface area (Å²) in [5.74, 6) is -0.0230. The van der Waals surface area contributed by atoms with Gasteiger partial charge in [0.25, 0.3) is 5.91 Å². The highest BCUT2D eigenvalue weighted by Gasteiger charge is 2.08. The fraction of sp³-hybridized carbons (Fsp3) is 0.318. The Labute approximate surface area is 155 Å². The summed E-state index contributed by atoms with van der Waals surface area (Å²) in [6.07, 6.45) is 0. The number of fused-ring (bicyclic) bond motifs is 1. The van der Waals surface area contributed by atoms with Crippen molar-refractivity contribution in [3.05, 3.63) is 65.9 Å². The zero-order chi connectivity index (χ0) is 18.5. The molecule has 0 unspecified atom stereocenters. The smallest absolute Gasteiger partial charge is 0.251 e. The molecule has 2 aromatic carbocycles. The average Bonchev–Trinajstić information content (AvgIpc) is 2.99. The molecule has 0 aliphatic rings. The van der Waals surface area contributed by atoms with Gasteiger partial charge in [-0.3, -0.25) is 4.79 Å². The molecule has 3 rings (SSSR count). The maximum atomic E-state index is 12.4. The maximum Gasteiger partial charge on any atom is 0.251 e. The Morgan fingerprint density at radius 3 is 2.42 bits per heavy atom. The number of anilines is 1. The Morgan fingerprint density at radius 1 is 1.04 bits per heavy atom. The first kappa shape index (κ1) is 18.1. The highest BCUT2D eigenvalue weighted by molar-refractivity contribution is 5.94. The molecular weight excluding hydrogens is 322 g/mol. The van der Waals surface area contributed by atoms with E-state index in [0.717, 1.165) is 25.3 Å². The van der Waals surface area contributed by atoms with Crippen molar-refractivity contribution < 1.29 is 4.79 Å². The lowest BCUT2D eigenvalue weighted by Crippen LogP contribution is -2.27. The number of benzene rings is 2. The van der Waals surface area contributed by atoms with E-state index in [0.29, 0.717) is 12.1 Å². The number of nitrogens with one attached hydrogen (secondary N) is 1. The van der Waals surface area contributed by atoms with Gasteiger partial charge in [0.2, 0.25) is 0 Å². The molecule has 0 fully saturated rings. The van der Waals surface area contributed by atoms with E-state index in [1.54, 1.807) is 0 Å². The van der Waals surface area contributed by atoms with Crippen molar-refractivity contribution in [2.75, 3.05) is 24.5 Å². The van der Waals surface area contributed by atoms with E-state index in [4.69, 9.17) is 0 Å². The van der Waals surface area contributed by atoms with Gasteiger partial charge >= 0.3 is 0 Å². The van der Waals surface area contributed by atoms with Crippen molar-refractivity contribution in [2.24, 2.45) is 0 Å². The number of amides is 1. The minimum absolute atomic E-state index is 0.0230. The van der Waals surface area contributed by atoms with Crippen LogP contribution < -0.4 is 10.2 Å². The highest BCUT2D eigenvalue weighted by Crippen LogP contribution is 2.19. The molecule has 26 heavy (non-hydrogen) atoms. The number of hydrogen-bond acceptors (Lipinski definition) is 2. The topological polar surface area (TPSA) is 37.3 Å². The van der Waals surface area contributed by atoms with Gasteiger partial charge in [-0.1, -0.05) is 18.2 Å². The van der Waals surface area contributed by atoms with Gasteiger partial charge in [-0.05, 0) is 62.6 Å². The standard InChI is InChI=1S/C22H27N3O/c1-4-24(5-2)20-12-10-18(11-13-20)22(26)23-14-15-25-17(3)16-19-8-6-7-9-21(19)25/h6-13,16H,4-5,14-15H2,1-3H3,(H,23,26). The molecule has 1 N–H and O–H groups in total. The van der Waals surface area contributed by atoms with E-state index >= 15 is 0 Å². The summed E-state index contributed by atoms with van der Waals surface area (Å²) < 4.78 is 2.25. The molecule has 0 atom stereocenters. The monoisotopic (exact) mass is 349 g/mol. The minimum atomic E-state index is -0.0230. The Kier molecular flexibility index (Phi) is 5.61. The molecule has 0 aliphatic carbocycles. The van der Waals surface area contributed by atoms with E-state index in [9.17, 15) is 4.79 Å². The second kappa shape index (κ2) is 8.09. The molecule has 0 spiro atoms. The van der Waals surface area contributed by atoms with Crippen LogP contribution >= 0.6 is 0 Å². The zero-order valence-corrected chi connectivity index (χ0v) is 15.8. The average molecular weight is 349 g/mol. The molecule has 4 heteroatoms. The van der Waals surface area contributed by atoms with Gasteiger partial charge in [0.15, 0.2) is 0 Å². The Bertz CT molecular complexity index is 876. The zero-order valence-electron chi connectivity index (χ0n) is 15.8. The van der Waals surface area contributed by atoms with Crippen LogP contribution in [-0.2, 0) is 6.54 Å². The first-order valence-electron chi connectivity index (χ1n) is 9.32. The van der Waals surface area contributed by atoms with Crippen LogP contribution in [0.3, 0.4) is 0 Å². The fourth-order valence-electron chi connectivity index (χ4n) is 3.44. The van der Waals surface area contributed by atoms with E-state index in [1.165, 1.54) is 16.6 Å². The molecule has 0 radical (unpaired) electrons. The third-order valence-corrected chi connectivity index (χ3v) is 4.90. The number of rotatable bonds is 7. The molecule has 1 heterocycles. The van der Waals surface area contributed by atoms with Gasteiger partial charge < -0.3 is 14.8 Å². The van der Waals surface area contributed by atoms with Crippen LogP contribution in [0.4, 0.5) is 5.69 Å². The lowest BCUT2D eigenvalue weighted by Gasteiger charge is -2.21. The van der Waals surface area contributed by atoms with Crippen molar-refractivity contribution in [1.82, 2.24) is 9.88 Å². The quantitative estimate of drug-likeness (QED) is 0.693. The first-order valence-corrected chi connectivity index (χ1v) is 9.32. The third kappa shape index (κ3) is 3.74. The maximum absolute atomic E-state index is 12.4. The predicted molar refractivity (Wildman–Crippen MR) is 109 cm³/mol. The number of para-hydroxylation sites is 1. The highest BCUT2D eigenvalue weighted by atomic mass is 16.1. The summed E-state index contributed by atoms with van der Waals surface area (Å²) in [5, 5.41) is 4.27. The van der Waals surface area contributed by atoms with Crippen molar-refractivity contribution >= 4 is 22.5 Å². The number of hydrogen-bond donors (Lipinski definition) is 1. The second-order valence-corrected chi connectivity index (χ2v) is 6.47. The Balaban J connectivity index is 1.61. The van der Waals surface area contributed by atoms with Crippen molar-refractivity contribution in [1.29, 1.82) is 0 Å². The SMILES string of the molecule is CCN(CC)c1ccc(C(=O)NCCn2c(C)cc3ccccc32)cc1. The number of aryl methyl sites for hydroxylation is 1. The predicted octanol–water partition coefficient (Wildman–Crippen LogP) is 4.23. The van der Waals surface area contributed by atoms with Crippen LogP contribution in [0.15, 0.2) is 54.6 Å². The normalized spacial score (nSPS) is 10.9. The summed E-state index contributed by atoms with van der Waals surface area (Å²) in [7, 11) is 0.